The lowest BCUT2D eigenvalue weighted by Gasteiger charge is -2.06. The molecule has 0 atom stereocenters. The van der Waals surface area contributed by atoms with E-state index in [9.17, 15) is 4.79 Å². The van der Waals surface area contributed by atoms with Crippen molar-refractivity contribution in [3.8, 4) is 0 Å². The molecule has 19 heavy (non-hydrogen) atoms. The summed E-state index contributed by atoms with van der Waals surface area (Å²) in [6.45, 7) is 4.01. The van der Waals surface area contributed by atoms with E-state index in [1.165, 1.54) is 5.56 Å². The maximum absolute atomic E-state index is 12.2. The normalized spacial score (nSPS) is 10.5. The standard InChI is InChI=1S/C17H17BrO/c1-12-3-4-13(2)16(11-12)17(19)10-7-14-5-8-15(18)9-6-14/h3-6,8-9,11H,7,10H2,1-2H3. The first-order valence-electron chi connectivity index (χ1n) is 6.41. The van der Waals surface area contributed by atoms with Gasteiger partial charge in [0, 0.05) is 16.5 Å². The van der Waals surface area contributed by atoms with Crippen LogP contribution >= 0.6 is 15.9 Å². The van der Waals surface area contributed by atoms with Gasteiger partial charge in [-0.2, -0.15) is 0 Å². The molecule has 0 saturated heterocycles. The van der Waals surface area contributed by atoms with Gasteiger partial charge in [0.1, 0.15) is 0 Å². The third-order valence-electron chi connectivity index (χ3n) is 3.25. The summed E-state index contributed by atoms with van der Waals surface area (Å²) >= 11 is 3.41. The molecule has 98 valence electrons. The minimum Gasteiger partial charge on any atom is -0.294 e. The Balaban J connectivity index is 2.05. The fourth-order valence-electron chi connectivity index (χ4n) is 2.08. The molecule has 0 N–H and O–H groups in total. The van der Waals surface area contributed by atoms with Crippen LogP contribution in [0.2, 0.25) is 0 Å². The highest BCUT2D eigenvalue weighted by Crippen LogP contribution is 2.16. The first-order valence-corrected chi connectivity index (χ1v) is 7.20. The second kappa shape index (κ2) is 6.16. The summed E-state index contributed by atoms with van der Waals surface area (Å²) in [5, 5.41) is 0. The minimum atomic E-state index is 0.226. The van der Waals surface area contributed by atoms with E-state index in [2.05, 4.69) is 28.1 Å². The molecule has 0 aliphatic heterocycles. The maximum Gasteiger partial charge on any atom is 0.163 e. The number of hydrogen-bond donors (Lipinski definition) is 0. The highest BCUT2D eigenvalue weighted by atomic mass is 79.9. The second-order valence-electron chi connectivity index (χ2n) is 4.87. The van der Waals surface area contributed by atoms with Gasteiger partial charge in [0.15, 0.2) is 5.78 Å². The van der Waals surface area contributed by atoms with Gasteiger partial charge in [0.05, 0.1) is 0 Å². The molecule has 0 aromatic heterocycles. The van der Waals surface area contributed by atoms with E-state index in [1.807, 2.05) is 44.2 Å². The number of carbonyl (C=O) groups excluding carboxylic acids is 1. The van der Waals surface area contributed by atoms with Crippen molar-refractivity contribution in [3.05, 3.63) is 69.2 Å². The summed E-state index contributed by atoms with van der Waals surface area (Å²) in [4.78, 5) is 12.2. The molecule has 0 amide bonds. The molecule has 0 saturated carbocycles. The van der Waals surface area contributed by atoms with Crippen LogP contribution in [0.15, 0.2) is 46.9 Å². The van der Waals surface area contributed by atoms with Gasteiger partial charge < -0.3 is 0 Å². The molecule has 0 aliphatic rings. The zero-order valence-electron chi connectivity index (χ0n) is 11.2. The zero-order valence-corrected chi connectivity index (χ0v) is 12.8. The summed E-state index contributed by atoms with van der Waals surface area (Å²) < 4.78 is 1.07. The molecular formula is C17H17BrO. The van der Waals surface area contributed by atoms with Crippen LogP contribution in [0.25, 0.3) is 0 Å². The van der Waals surface area contributed by atoms with Gasteiger partial charge in [0.2, 0.25) is 0 Å². The average Bonchev–Trinajstić information content (AvgIpc) is 2.40. The number of halogens is 1. The molecular weight excluding hydrogens is 300 g/mol. The second-order valence-corrected chi connectivity index (χ2v) is 5.78. The predicted octanol–water partition coefficient (Wildman–Crippen LogP) is 4.88. The van der Waals surface area contributed by atoms with Gasteiger partial charge in [-0.15, -0.1) is 0 Å². The first-order chi connectivity index (χ1) is 9.06. The number of rotatable bonds is 4. The van der Waals surface area contributed by atoms with Gasteiger partial charge >= 0.3 is 0 Å². The molecule has 2 rings (SSSR count). The van der Waals surface area contributed by atoms with Crippen molar-refractivity contribution in [1.29, 1.82) is 0 Å². The Bertz CT molecular complexity index is 585. The summed E-state index contributed by atoms with van der Waals surface area (Å²) in [6.07, 6.45) is 1.35. The lowest BCUT2D eigenvalue weighted by molar-refractivity contribution is 0.0982. The smallest absolute Gasteiger partial charge is 0.163 e. The number of aryl methyl sites for hydroxylation is 3. The Labute approximate surface area is 122 Å². The molecule has 0 unspecified atom stereocenters. The highest BCUT2D eigenvalue weighted by Gasteiger charge is 2.09. The molecule has 0 radical (unpaired) electrons. The summed E-state index contributed by atoms with van der Waals surface area (Å²) in [5.74, 6) is 0.226. The van der Waals surface area contributed by atoms with Crippen LogP contribution in [-0.2, 0) is 6.42 Å². The van der Waals surface area contributed by atoms with Crippen LogP contribution in [0.4, 0.5) is 0 Å². The number of carbonyl (C=O) groups is 1. The zero-order chi connectivity index (χ0) is 13.8. The lowest BCUT2D eigenvalue weighted by atomic mass is 9.98. The fourth-order valence-corrected chi connectivity index (χ4v) is 2.34. The fraction of sp³-hybridized carbons (Fsp3) is 0.235. The molecule has 2 heteroatoms. The Morgan fingerprint density at radius 2 is 1.74 bits per heavy atom. The van der Waals surface area contributed by atoms with E-state index in [0.29, 0.717) is 6.42 Å². The Morgan fingerprint density at radius 3 is 2.42 bits per heavy atom. The highest BCUT2D eigenvalue weighted by molar-refractivity contribution is 9.10. The van der Waals surface area contributed by atoms with Crippen molar-refractivity contribution in [2.24, 2.45) is 0 Å². The third kappa shape index (κ3) is 3.77. The largest absolute Gasteiger partial charge is 0.294 e. The average molecular weight is 317 g/mol. The monoisotopic (exact) mass is 316 g/mol. The molecule has 1 nitrogen and oxygen atoms in total. The quantitative estimate of drug-likeness (QED) is 0.734. The SMILES string of the molecule is Cc1ccc(C)c(C(=O)CCc2ccc(Br)cc2)c1. The van der Waals surface area contributed by atoms with Crippen molar-refractivity contribution < 1.29 is 4.79 Å². The molecule has 0 bridgehead atoms. The van der Waals surface area contributed by atoms with Crippen molar-refractivity contribution in [2.45, 2.75) is 26.7 Å². The topological polar surface area (TPSA) is 17.1 Å². The van der Waals surface area contributed by atoms with E-state index < -0.39 is 0 Å². The van der Waals surface area contributed by atoms with E-state index in [0.717, 1.165) is 27.6 Å². The molecule has 2 aromatic rings. The van der Waals surface area contributed by atoms with E-state index in [4.69, 9.17) is 0 Å². The Kier molecular flexibility index (Phi) is 4.54. The maximum atomic E-state index is 12.2. The van der Waals surface area contributed by atoms with Gasteiger partial charge in [0.25, 0.3) is 0 Å². The lowest BCUT2D eigenvalue weighted by Crippen LogP contribution is -2.04. The van der Waals surface area contributed by atoms with Crippen LogP contribution in [0.5, 0.6) is 0 Å². The molecule has 0 heterocycles. The number of hydrogen-bond acceptors (Lipinski definition) is 1. The van der Waals surface area contributed by atoms with Crippen LogP contribution in [-0.4, -0.2) is 5.78 Å². The Morgan fingerprint density at radius 1 is 1.05 bits per heavy atom. The van der Waals surface area contributed by atoms with Crippen molar-refractivity contribution in [1.82, 2.24) is 0 Å². The van der Waals surface area contributed by atoms with E-state index in [1.54, 1.807) is 0 Å². The minimum absolute atomic E-state index is 0.226. The number of ketones is 1. The van der Waals surface area contributed by atoms with Crippen molar-refractivity contribution in [3.63, 3.8) is 0 Å². The van der Waals surface area contributed by atoms with Crippen molar-refractivity contribution >= 4 is 21.7 Å². The summed E-state index contributed by atoms with van der Waals surface area (Å²) in [5.41, 5.74) is 4.25. The number of benzene rings is 2. The van der Waals surface area contributed by atoms with Crippen LogP contribution in [0.3, 0.4) is 0 Å². The third-order valence-corrected chi connectivity index (χ3v) is 3.78. The molecule has 0 spiro atoms. The predicted molar refractivity (Wildman–Crippen MR) is 82.7 cm³/mol. The van der Waals surface area contributed by atoms with Gasteiger partial charge in [-0.3, -0.25) is 4.79 Å². The Hall–Kier alpha value is -1.41. The first kappa shape index (κ1) is 14.0. The van der Waals surface area contributed by atoms with Crippen molar-refractivity contribution in [2.75, 3.05) is 0 Å². The van der Waals surface area contributed by atoms with Gasteiger partial charge in [-0.1, -0.05) is 45.8 Å². The van der Waals surface area contributed by atoms with Crippen LogP contribution < -0.4 is 0 Å². The van der Waals surface area contributed by atoms with Crippen LogP contribution in [0, 0.1) is 13.8 Å². The van der Waals surface area contributed by atoms with Gasteiger partial charge in [-0.05, 0) is 49.6 Å². The molecule has 0 fully saturated rings. The van der Waals surface area contributed by atoms with Gasteiger partial charge in [-0.25, -0.2) is 0 Å². The molecule has 2 aromatic carbocycles. The van der Waals surface area contributed by atoms with E-state index in [-0.39, 0.29) is 5.78 Å². The summed E-state index contributed by atoms with van der Waals surface area (Å²) in [6, 6.07) is 14.2. The van der Waals surface area contributed by atoms with E-state index >= 15 is 0 Å². The summed E-state index contributed by atoms with van der Waals surface area (Å²) in [7, 11) is 0. The number of Topliss-reactive ketones (excluding diaryl/α,β-unsaturated/α-hetero) is 1. The molecule has 0 aliphatic carbocycles. The van der Waals surface area contributed by atoms with Crippen LogP contribution in [0.1, 0.15) is 33.5 Å².